The van der Waals surface area contributed by atoms with Gasteiger partial charge in [0, 0.05) is 42.1 Å². The van der Waals surface area contributed by atoms with Gasteiger partial charge >= 0.3 is 0 Å². The smallest absolute Gasteiger partial charge is 0.200 e. The molecular weight excluding hydrogens is 445 g/mol. The number of halogens is 4. The Kier molecular flexibility index (Phi) is 5.20. The van der Waals surface area contributed by atoms with E-state index in [1.54, 1.807) is 16.6 Å². The van der Waals surface area contributed by atoms with Gasteiger partial charge in [-0.2, -0.15) is 0 Å². The van der Waals surface area contributed by atoms with Gasteiger partial charge in [0.25, 0.3) is 0 Å². The lowest BCUT2D eigenvalue weighted by atomic mass is 10.2. The first kappa shape index (κ1) is 18.5. The van der Waals surface area contributed by atoms with Crippen LogP contribution in [0.2, 0.25) is 0 Å². The molecule has 1 atom stereocenters. The summed E-state index contributed by atoms with van der Waals surface area (Å²) in [6.07, 6.45) is 2.65. The normalized spacial score (nSPS) is 17.6. The van der Waals surface area contributed by atoms with Crippen LogP contribution in [-0.4, -0.2) is 33.5 Å². The van der Waals surface area contributed by atoms with Gasteiger partial charge in [0.1, 0.15) is 11.8 Å². The summed E-state index contributed by atoms with van der Waals surface area (Å²) in [4.78, 5) is 7.06. The number of ether oxygens (including phenoxy) is 1. The van der Waals surface area contributed by atoms with Crippen molar-refractivity contribution in [1.82, 2.24) is 14.3 Å². The summed E-state index contributed by atoms with van der Waals surface area (Å²) in [5.41, 5.74) is 0.589. The highest BCUT2D eigenvalue weighted by molar-refractivity contribution is 9.10. The number of aromatic nitrogens is 2. The molecule has 0 bridgehead atoms. The molecule has 3 aromatic rings. The first-order chi connectivity index (χ1) is 13.0. The topological polar surface area (TPSA) is 53.2 Å². The van der Waals surface area contributed by atoms with Gasteiger partial charge < -0.3 is 14.4 Å². The maximum Gasteiger partial charge on any atom is 0.200 e. The van der Waals surface area contributed by atoms with Gasteiger partial charge in [-0.3, -0.25) is 0 Å². The Morgan fingerprint density at radius 3 is 3.00 bits per heavy atom. The summed E-state index contributed by atoms with van der Waals surface area (Å²) < 4.78 is 53.0. The Balaban J connectivity index is 1.57. The molecule has 1 unspecified atom stereocenters. The number of fused-ring (bicyclic) bond motifs is 1. The van der Waals surface area contributed by atoms with Crippen molar-refractivity contribution in [2.24, 2.45) is 0 Å². The van der Waals surface area contributed by atoms with E-state index in [2.05, 4.69) is 30.6 Å². The SMILES string of the molecule is Fc1ccc(NSN2CCC(F)C2)c(F)c1Oc1c[nH]c2ncc(Br)cc12. The zero-order valence-electron chi connectivity index (χ0n) is 13.8. The fourth-order valence-corrected chi connectivity index (χ4v) is 3.89. The molecule has 3 heterocycles. The standard InChI is InChI=1S/C17H14BrF3N4OS/c18-9-5-11-14(7-23-17(11)22-6-9)26-16-12(20)1-2-13(15(16)21)24-27-25-4-3-10(19)8-25/h1-2,5-7,10,24H,3-4,8H2,(H,22,23). The lowest BCUT2D eigenvalue weighted by Crippen LogP contribution is -2.15. The lowest BCUT2D eigenvalue weighted by molar-refractivity contribution is 0.349. The van der Waals surface area contributed by atoms with Crippen molar-refractivity contribution in [3.8, 4) is 11.5 Å². The molecule has 0 aliphatic carbocycles. The number of H-pyrrole nitrogens is 1. The fraction of sp³-hybridized carbons (Fsp3) is 0.235. The Morgan fingerprint density at radius 1 is 1.37 bits per heavy atom. The maximum atomic E-state index is 14.8. The van der Waals surface area contributed by atoms with Crippen LogP contribution in [0.25, 0.3) is 11.0 Å². The third-order valence-corrected chi connectivity index (χ3v) is 5.43. The molecule has 1 aliphatic rings. The first-order valence-electron chi connectivity index (χ1n) is 8.11. The molecule has 4 rings (SSSR count). The Labute approximate surface area is 165 Å². The molecule has 0 radical (unpaired) electrons. The predicted octanol–water partition coefficient (Wildman–Crippen LogP) is 5.41. The van der Waals surface area contributed by atoms with Gasteiger partial charge in [-0.05, 0) is 40.5 Å². The van der Waals surface area contributed by atoms with Crippen LogP contribution in [0.15, 0.2) is 35.1 Å². The van der Waals surface area contributed by atoms with Gasteiger partial charge in [-0.15, -0.1) is 0 Å². The van der Waals surface area contributed by atoms with E-state index in [1.807, 2.05) is 0 Å². The average molecular weight is 459 g/mol. The number of nitrogens with zero attached hydrogens (tertiary/aromatic N) is 2. The summed E-state index contributed by atoms with van der Waals surface area (Å²) >= 11 is 4.40. The second kappa shape index (κ2) is 7.61. The van der Waals surface area contributed by atoms with Crippen molar-refractivity contribution in [3.05, 3.63) is 46.7 Å². The van der Waals surface area contributed by atoms with Crippen LogP contribution in [0.5, 0.6) is 11.5 Å². The fourth-order valence-electron chi connectivity index (χ4n) is 2.74. The average Bonchev–Trinajstić information content (AvgIpc) is 3.24. The Hall–Kier alpha value is -1.91. The van der Waals surface area contributed by atoms with Crippen LogP contribution in [0.1, 0.15) is 6.42 Å². The minimum Gasteiger partial charge on any atom is -0.449 e. The number of benzene rings is 1. The number of hydrogen-bond acceptors (Lipinski definition) is 5. The molecule has 5 nitrogen and oxygen atoms in total. The number of pyridine rings is 1. The van der Waals surface area contributed by atoms with E-state index >= 15 is 0 Å². The molecule has 1 aliphatic heterocycles. The van der Waals surface area contributed by atoms with Gasteiger partial charge in [0.05, 0.1) is 11.1 Å². The summed E-state index contributed by atoms with van der Waals surface area (Å²) in [5, 5.41) is 0.585. The van der Waals surface area contributed by atoms with Gasteiger partial charge in [0.15, 0.2) is 17.4 Å². The van der Waals surface area contributed by atoms with Crippen molar-refractivity contribution in [2.45, 2.75) is 12.6 Å². The zero-order chi connectivity index (χ0) is 19.0. The van der Waals surface area contributed by atoms with Crippen molar-refractivity contribution in [3.63, 3.8) is 0 Å². The van der Waals surface area contributed by atoms with Crippen LogP contribution in [0.4, 0.5) is 18.9 Å². The molecule has 1 aromatic carbocycles. The number of rotatable bonds is 5. The van der Waals surface area contributed by atoms with Crippen LogP contribution in [0, 0.1) is 11.6 Å². The number of nitrogens with one attached hydrogen (secondary N) is 2. The molecular formula is C17H14BrF3N4OS. The quantitative estimate of drug-likeness (QED) is 0.500. The zero-order valence-corrected chi connectivity index (χ0v) is 16.2. The van der Waals surface area contributed by atoms with E-state index < -0.39 is 23.6 Å². The highest BCUT2D eigenvalue weighted by atomic mass is 79.9. The van der Waals surface area contributed by atoms with E-state index in [1.165, 1.54) is 12.3 Å². The van der Waals surface area contributed by atoms with Crippen molar-refractivity contribution < 1.29 is 17.9 Å². The molecule has 0 saturated carbocycles. The maximum absolute atomic E-state index is 14.8. The molecule has 10 heteroatoms. The van der Waals surface area contributed by atoms with Gasteiger partial charge in [-0.25, -0.2) is 22.5 Å². The number of hydrogen-bond donors (Lipinski definition) is 2. The summed E-state index contributed by atoms with van der Waals surface area (Å²) in [6, 6.07) is 4.13. The first-order valence-corrected chi connectivity index (χ1v) is 9.68. The van der Waals surface area contributed by atoms with Gasteiger partial charge in [0.2, 0.25) is 5.75 Å². The monoisotopic (exact) mass is 458 g/mol. The second-order valence-corrected chi connectivity index (χ2v) is 7.83. The second-order valence-electron chi connectivity index (χ2n) is 6.01. The van der Waals surface area contributed by atoms with Crippen molar-refractivity contribution >= 4 is 44.8 Å². The van der Waals surface area contributed by atoms with Crippen LogP contribution in [-0.2, 0) is 0 Å². The van der Waals surface area contributed by atoms with E-state index in [4.69, 9.17) is 4.74 Å². The number of alkyl halides is 1. The van der Waals surface area contributed by atoms with Crippen molar-refractivity contribution in [2.75, 3.05) is 17.8 Å². The molecule has 2 aromatic heterocycles. The minimum absolute atomic E-state index is 0.0536. The molecule has 142 valence electrons. The Morgan fingerprint density at radius 2 is 2.22 bits per heavy atom. The van der Waals surface area contributed by atoms with Crippen molar-refractivity contribution in [1.29, 1.82) is 0 Å². The minimum atomic E-state index is -0.883. The number of aromatic amines is 1. The lowest BCUT2D eigenvalue weighted by Gasteiger charge is -2.16. The number of anilines is 1. The molecule has 2 N–H and O–H groups in total. The van der Waals surface area contributed by atoms with E-state index in [-0.39, 0.29) is 18.0 Å². The van der Waals surface area contributed by atoms with Gasteiger partial charge in [-0.1, -0.05) is 0 Å². The van der Waals surface area contributed by atoms with Crippen LogP contribution in [0.3, 0.4) is 0 Å². The van der Waals surface area contributed by atoms with E-state index in [9.17, 15) is 13.2 Å². The molecule has 1 saturated heterocycles. The molecule has 0 spiro atoms. The highest BCUT2D eigenvalue weighted by Crippen LogP contribution is 2.36. The highest BCUT2D eigenvalue weighted by Gasteiger charge is 2.23. The Bertz CT molecular complexity index is 986. The molecule has 1 fully saturated rings. The largest absolute Gasteiger partial charge is 0.449 e. The third kappa shape index (κ3) is 3.87. The third-order valence-electron chi connectivity index (χ3n) is 4.10. The van der Waals surface area contributed by atoms with E-state index in [0.29, 0.717) is 28.5 Å². The predicted molar refractivity (Wildman–Crippen MR) is 103 cm³/mol. The van der Waals surface area contributed by atoms with Crippen LogP contribution >= 0.6 is 28.1 Å². The summed E-state index contributed by atoms with van der Waals surface area (Å²) in [5.74, 6) is -1.96. The summed E-state index contributed by atoms with van der Waals surface area (Å²) in [6.45, 7) is 0.823. The van der Waals surface area contributed by atoms with Crippen LogP contribution < -0.4 is 9.46 Å². The summed E-state index contributed by atoms with van der Waals surface area (Å²) in [7, 11) is 0. The molecule has 27 heavy (non-hydrogen) atoms. The van der Waals surface area contributed by atoms with E-state index in [0.717, 1.165) is 18.2 Å². The molecule has 0 amide bonds.